The van der Waals surface area contributed by atoms with Crippen LogP contribution in [0.4, 0.5) is 0 Å². The predicted molar refractivity (Wildman–Crippen MR) is 77.7 cm³/mol. The third-order valence-electron chi connectivity index (χ3n) is 4.68. The Hall–Kier alpha value is -0.860. The molecule has 100 valence electrons. The van der Waals surface area contributed by atoms with E-state index in [2.05, 4.69) is 49.1 Å². The molecule has 1 saturated heterocycles. The topological polar surface area (TPSA) is 3.24 Å². The SMILES string of the molecule is CC[N+]1(CC)CCN(CCc2ccccc2)CC1. The van der Waals surface area contributed by atoms with Crippen LogP contribution in [0.2, 0.25) is 0 Å². The molecular formula is C16H27N2+. The van der Waals surface area contributed by atoms with Crippen molar-refractivity contribution >= 4 is 0 Å². The van der Waals surface area contributed by atoms with E-state index in [1.54, 1.807) is 0 Å². The van der Waals surface area contributed by atoms with Crippen LogP contribution in [0.5, 0.6) is 0 Å². The van der Waals surface area contributed by atoms with Crippen LogP contribution >= 0.6 is 0 Å². The van der Waals surface area contributed by atoms with Crippen LogP contribution in [-0.4, -0.2) is 55.2 Å². The lowest BCUT2D eigenvalue weighted by atomic mass is 10.1. The van der Waals surface area contributed by atoms with Crippen LogP contribution < -0.4 is 0 Å². The standard InChI is InChI=1S/C16H27N2/c1-3-18(4-2)14-12-17(13-15-18)11-10-16-8-6-5-7-9-16/h5-9H,3-4,10-15H2,1-2H3/q+1. The molecular weight excluding hydrogens is 220 g/mol. The highest BCUT2D eigenvalue weighted by atomic mass is 15.4. The number of benzene rings is 1. The largest absolute Gasteiger partial charge is 0.322 e. The second-order valence-corrected chi connectivity index (χ2v) is 5.50. The Morgan fingerprint density at radius 2 is 1.61 bits per heavy atom. The van der Waals surface area contributed by atoms with Gasteiger partial charge in [0.25, 0.3) is 0 Å². The molecule has 2 nitrogen and oxygen atoms in total. The first-order valence-corrected chi connectivity index (χ1v) is 7.39. The molecule has 0 aliphatic carbocycles. The molecule has 1 aliphatic rings. The third-order valence-corrected chi connectivity index (χ3v) is 4.68. The second-order valence-electron chi connectivity index (χ2n) is 5.50. The van der Waals surface area contributed by atoms with Crippen LogP contribution in [0, 0.1) is 0 Å². The Morgan fingerprint density at radius 3 is 2.17 bits per heavy atom. The van der Waals surface area contributed by atoms with Gasteiger partial charge in [0.05, 0.1) is 26.2 Å². The minimum atomic E-state index is 1.19. The van der Waals surface area contributed by atoms with Gasteiger partial charge in [0.2, 0.25) is 0 Å². The number of rotatable bonds is 5. The van der Waals surface area contributed by atoms with E-state index in [9.17, 15) is 0 Å². The molecule has 18 heavy (non-hydrogen) atoms. The van der Waals surface area contributed by atoms with Crippen LogP contribution in [0.15, 0.2) is 30.3 Å². The van der Waals surface area contributed by atoms with Crippen molar-refractivity contribution < 1.29 is 4.48 Å². The maximum absolute atomic E-state index is 2.63. The van der Waals surface area contributed by atoms with E-state index < -0.39 is 0 Å². The fourth-order valence-electron chi connectivity index (χ4n) is 2.94. The first-order chi connectivity index (χ1) is 8.78. The smallest absolute Gasteiger partial charge is 0.0916 e. The van der Waals surface area contributed by atoms with Gasteiger partial charge in [0.1, 0.15) is 0 Å². The first-order valence-electron chi connectivity index (χ1n) is 7.39. The lowest BCUT2D eigenvalue weighted by Gasteiger charge is -2.43. The van der Waals surface area contributed by atoms with Crippen LogP contribution in [0.3, 0.4) is 0 Å². The molecule has 0 radical (unpaired) electrons. The van der Waals surface area contributed by atoms with Gasteiger partial charge >= 0.3 is 0 Å². The van der Waals surface area contributed by atoms with Gasteiger partial charge in [-0.2, -0.15) is 0 Å². The van der Waals surface area contributed by atoms with Crippen LogP contribution in [0.1, 0.15) is 19.4 Å². The van der Waals surface area contributed by atoms with Crippen molar-refractivity contribution in [1.29, 1.82) is 0 Å². The highest BCUT2D eigenvalue weighted by Gasteiger charge is 2.29. The Balaban J connectivity index is 1.77. The lowest BCUT2D eigenvalue weighted by Crippen LogP contribution is -2.59. The molecule has 0 aromatic heterocycles. The van der Waals surface area contributed by atoms with Crippen molar-refractivity contribution in [2.75, 3.05) is 45.8 Å². The first kappa shape index (κ1) is 13.6. The predicted octanol–water partition coefficient (Wildman–Crippen LogP) is 2.40. The molecule has 2 rings (SSSR count). The average Bonchev–Trinajstić information content (AvgIpc) is 2.47. The Kier molecular flexibility index (Phi) is 4.79. The summed E-state index contributed by atoms with van der Waals surface area (Å²) in [7, 11) is 0. The summed E-state index contributed by atoms with van der Waals surface area (Å²) in [5.74, 6) is 0. The fourth-order valence-corrected chi connectivity index (χ4v) is 2.94. The molecule has 1 heterocycles. The van der Waals surface area contributed by atoms with E-state index in [-0.39, 0.29) is 0 Å². The maximum Gasteiger partial charge on any atom is 0.0916 e. The van der Waals surface area contributed by atoms with E-state index in [1.165, 1.54) is 62.3 Å². The van der Waals surface area contributed by atoms with Gasteiger partial charge in [-0.05, 0) is 25.8 Å². The number of piperazine rings is 1. The average molecular weight is 247 g/mol. The molecule has 0 spiro atoms. The Labute approximate surface area is 112 Å². The summed E-state index contributed by atoms with van der Waals surface area (Å²) in [5.41, 5.74) is 1.47. The Morgan fingerprint density at radius 1 is 1.00 bits per heavy atom. The summed E-state index contributed by atoms with van der Waals surface area (Å²) in [5, 5.41) is 0. The number of likely N-dealkylation sites (N-methyl/N-ethyl adjacent to an activating group) is 1. The van der Waals surface area contributed by atoms with Gasteiger partial charge in [-0.1, -0.05) is 30.3 Å². The molecule has 1 fully saturated rings. The lowest BCUT2D eigenvalue weighted by molar-refractivity contribution is -0.928. The molecule has 1 aromatic carbocycles. The zero-order valence-electron chi connectivity index (χ0n) is 11.9. The summed E-state index contributed by atoms with van der Waals surface area (Å²) in [6.45, 7) is 13.7. The summed E-state index contributed by atoms with van der Waals surface area (Å²) in [4.78, 5) is 2.63. The zero-order valence-corrected chi connectivity index (χ0v) is 11.9. The number of nitrogens with zero attached hydrogens (tertiary/aromatic N) is 2. The molecule has 0 amide bonds. The normalized spacial score (nSPS) is 19.9. The van der Waals surface area contributed by atoms with E-state index in [4.69, 9.17) is 0 Å². The van der Waals surface area contributed by atoms with Crippen molar-refractivity contribution in [1.82, 2.24) is 4.90 Å². The number of hydrogen-bond donors (Lipinski definition) is 0. The van der Waals surface area contributed by atoms with Gasteiger partial charge in [0, 0.05) is 19.6 Å². The van der Waals surface area contributed by atoms with E-state index in [1.807, 2.05) is 0 Å². The van der Waals surface area contributed by atoms with Gasteiger partial charge in [-0.3, -0.25) is 4.90 Å². The monoisotopic (exact) mass is 247 g/mol. The second kappa shape index (κ2) is 6.35. The van der Waals surface area contributed by atoms with Gasteiger partial charge in [-0.25, -0.2) is 0 Å². The quantitative estimate of drug-likeness (QED) is 0.722. The Bertz CT molecular complexity index is 333. The van der Waals surface area contributed by atoms with Crippen molar-refractivity contribution in [3.05, 3.63) is 35.9 Å². The molecule has 1 aromatic rings. The molecule has 0 atom stereocenters. The minimum Gasteiger partial charge on any atom is -0.322 e. The highest BCUT2D eigenvalue weighted by molar-refractivity contribution is 5.14. The summed E-state index contributed by atoms with van der Waals surface area (Å²) in [6, 6.07) is 10.9. The highest BCUT2D eigenvalue weighted by Crippen LogP contribution is 2.13. The molecule has 1 aliphatic heterocycles. The summed E-state index contributed by atoms with van der Waals surface area (Å²) < 4.78 is 1.32. The summed E-state index contributed by atoms with van der Waals surface area (Å²) >= 11 is 0. The summed E-state index contributed by atoms with van der Waals surface area (Å²) in [6.07, 6.45) is 1.19. The van der Waals surface area contributed by atoms with Crippen LogP contribution in [-0.2, 0) is 6.42 Å². The number of quaternary nitrogens is 1. The minimum absolute atomic E-state index is 1.19. The fraction of sp³-hybridized carbons (Fsp3) is 0.625. The molecule has 0 unspecified atom stereocenters. The zero-order chi connectivity index (χ0) is 12.8. The van der Waals surface area contributed by atoms with Crippen molar-refractivity contribution in [2.45, 2.75) is 20.3 Å². The molecule has 0 saturated carbocycles. The van der Waals surface area contributed by atoms with E-state index in [0.29, 0.717) is 0 Å². The van der Waals surface area contributed by atoms with Crippen molar-refractivity contribution in [3.63, 3.8) is 0 Å². The third kappa shape index (κ3) is 3.33. The van der Waals surface area contributed by atoms with Gasteiger partial charge in [0.15, 0.2) is 0 Å². The van der Waals surface area contributed by atoms with E-state index in [0.717, 1.165) is 0 Å². The van der Waals surface area contributed by atoms with Crippen LogP contribution in [0.25, 0.3) is 0 Å². The molecule has 2 heteroatoms. The number of hydrogen-bond acceptors (Lipinski definition) is 1. The molecule has 0 N–H and O–H groups in total. The molecule has 0 bridgehead atoms. The van der Waals surface area contributed by atoms with Crippen molar-refractivity contribution in [2.24, 2.45) is 0 Å². The van der Waals surface area contributed by atoms with Gasteiger partial charge in [-0.15, -0.1) is 0 Å². The van der Waals surface area contributed by atoms with Gasteiger partial charge < -0.3 is 4.48 Å². The van der Waals surface area contributed by atoms with E-state index >= 15 is 0 Å². The van der Waals surface area contributed by atoms with Crippen molar-refractivity contribution in [3.8, 4) is 0 Å². The maximum atomic E-state index is 2.63.